The fourth-order valence-corrected chi connectivity index (χ4v) is 2.85. The summed E-state index contributed by atoms with van der Waals surface area (Å²) in [5.74, 6) is 2.47. The number of rotatable bonds is 8. The second-order valence-electron chi connectivity index (χ2n) is 6.66. The standard InChI is InChI=1S/C20H29N5O/c1-3-16(2)22-19-15-18(21-9-10-25-11-13-26-14-12-25)23-20(24-19)17-7-5-4-6-8-17/h4-8,15-16H,3,9-14H2,1-2H3,(H2,21,22,23,24). The molecular formula is C20H29N5O. The molecule has 2 aromatic rings. The Labute approximate surface area is 156 Å². The number of nitrogens with one attached hydrogen (secondary N) is 2. The maximum atomic E-state index is 5.40. The van der Waals surface area contributed by atoms with Crippen LogP contribution in [0.2, 0.25) is 0 Å². The van der Waals surface area contributed by atoms with Crippen molar-refractivity contribution in [2.24, 2.45) is 0 Å². The van der Waals surface area contributed by atoms with Gasteiger partial charge < -0.3 is 15.4 Å². The Morgan fingerprint density at radius 1 is 1.12 bits per heavy atom. The lowest BCUT2D eigenvalue weighted by Gasteiger charge is -2.26. The molecule has 1 aromatic heterocycles. The number of hydrogen-bond donors (Lipinski definition) is 2. The molecule has 0 spiro atoms. The third-order valence-corrected chi connectivity index (χ3v) is 4.60. The molecule has 1 saturated heterocycles. The average molecular weight is 355 g/mol. The van der Waals surface area contributed by atoms with Crippen LogP contribution in [0.25, 0.3) is 11.4 Å². The van der Waals surface area contributed by atoms with E-state index in [1.54, 1.807) is 0 Å². The molecule has 0 aliphatic carbocycles. The SMILES string of the molecule is CCC(C)Nc1cc(NCCN2CCOCC2)nc(-c2ccccc2)n1. The van der Waals surface area contributed by atoms with E-state index >= 15 is 0 Å². The molecule has 26 heavy (non-hydrogen) atoms. The van der Waals surface area contributed by atoms with Gasteiger partial charge in [-0.25, -0.2) is 9.97 Å². The molecule has 6 nitrogen and oxygen atoms in total. The summed E-state index contributed by atoms with van der Waals surface area (Å²) in [6, 6.07) is 12.5. The first kappa shape index (κ1) is 18.6. The molecule has 1 atom stereocenters. The predicted octanol–water partition coefficient (Wildman–Crippen LogP) is 3.10. The Morgan fingerprint density at radius 3 is 2.58 bits per heavy atom. The van der Waals surface area contributed by atoms with Crippen molar-refractivity contribution in [3.8, 4) is 11.4 Å². The summed E-state index contributed by atoms with van der Waals surface area (Å²) in [6.07, 6.45) is 1.05. The van der Waals surface area contributed by atoms with Crippen LogP contribution in [0.1, 0.15) is 20.3 Å². The first-order valence-corrected chi connectivity index (χ1v) is 9.49. The van der Waals surface area contributed by atoms with Crippen LogP contribution in [-0.2, 0) is 4.74 Å². The highest BCUT2D eigenvalue weighted by Gasteiger charge is 2.11. The summed E-state index contributed by atoms with van der Waals surface area (Å²) >= 11 is 0. The summed E-state index contributed by atoms with van der Waals surface area (Å²) in [5.41, 5.74) is 1.02. The maximum Gasteiger partial charge on any atom is 0.163 e. The van der Waals surface area contributed by atoms with Crippen LogP contribution >= 0.6 is 0 Å². The quantitative estimate of drug-likeness (QED) is 0.759. The van der Waals surface area contributed by atoms with Crippen molar-refractivity contribution < 1.29 is 4.74 Å². The van der Waals surface area contributed by atoms with Gasteiger partial charge in [-0.2, -0.15) is 0 Å². The Morgan fingerprint density at radius 2 is 1.85 bits per heavy atom. The van der Waals surface area contributed by atoms with E-state index < -0.39 is 0 Å². The monoisotopic (exact) mass is 355 g/mol. The van der Waals surface area contributed by atoms with Crippen molar-refractivity contribution in [3.05, 3.63) is 36.4 Å². The fraction of sp³-hybridized carbons (Fsp3) is 0.500. The van der Waals surface area contributed by atoms with Gasteiger partial charge in [0.2, 0.25) is 0 Å². The lowest BCUT2D eigenvalue weighted by molar-refractivity contribution is 0.0398. The van der Waals surface area contributed by atoms with Gasteiger partial charge >= 0.3 is 0 Å². The minimum Gasteiger partial charge on any atom is -0.379 e. The summed E-state index contributed by atoms with van der Waals surface area (Å²) in [7, 11) is 0. The molecule has 0 radical (unpaired) electrons. The summed E-state index contributed by atoms with van der Waals surface area (Å²) in [5, 5.41) is 6.92. The Bertz CT molecular complexity index is 673. The smallest absolute Gasteiger partial charge is 0.163 e. The van der Waals surface area contributed by atoms with Crippen molar-refractivity contribution in [1.29, 1.82) is 0 Å². The summed E-state index contributed by atoms with van der Waals surface area (Å²) < 4.78 is 5.40. The first-order valence-electron chi connectivity index (χ1n) is 9.49. The summed E-state index contributed by atoms with van der Waals surface area (Å²) in [6.45, 7) is 9.83. The zero-order valence-electron chi connectivity index (χ0n) is 15.7. The number of nitrogens with zero attached hydrogens (tertiary/aromatic N) is 3. The van der Waals surface area contributed by atoms with Gasteiger partial charge in [0, 0.05) is 43.9 Å². The van der Waals surface area contributed by atoms with Crippen LogP contribution in [0.15, 0.2) is 36.4 Å². The molecule has 6 heteroatoms. The average Bonchev–Trinajstić information content (AvgIpc) is 2.69. The van der Waals surface area contributed by atoms with Crippen molar-refractivity contribution in [3.63, 3.8) is 0 Å². The minimum absolute atomic E-state index is 0.370. The highest BCUT2D eigenvalue weighted by molar-refractivity contribution is 5.61. The van der Waals surface area contributed by atoms with E-state index in [9.17, 15) is 0 Å². The number of benzene rings is 1. The van der Waals surface area contributed by atoms with E-state index in [4.69, 9.17) is 14.7 Å². The van der Waals surface area contributed by atoms with E-state index in [1.807, 2.05) is 36.4 Å². The summed E-state index contributed by atoms with van der Waals surface area (Å²) in [4.78, 5) is 11.8. The molecule has 140 valence electrons. The van der Waals surface area contributed by atoms with Gasteiger partial charge in [0.25, 0.3) is 0 Å². The molecule has 1 aromatic carbocycles. The Balaban J connectivity index is 1.71. The van der Waals surface area contributed by atoms with E-state index in [0.717, 1.165) is 68.8 Å². The van der Waals surface area contributed by atoms with Gasteiger partial charge in [-0.15, -0.1) is 0 Å². The lowest BCUT2D eigenvalue weighted by Crippen LogP contribution is -2.39. The molecule has 2 N–H and O–H groups in total. The Kier molecular flexibility index (Phi) is 6.80. The number of morpholine rings is 1. The van der Waals surface area contributed by atoms with E-state index in [1.165, 1.54) is 0 Å². The number of ether oxygens (including phenoxy) is 1. The molecule has 1 unspecified atom stereocenters. The van der Waals surface area contributed by atoms with Gasteiger partial charge in [0.15, 0.2) is 5.82 Å². The van der Waals surface area contributed by atoms with Crippen LogP contribution in [0.5, 0.6) is 0 Å². The minimum atomic E-state index is 0.370. The second kappa shape index (κ2) is 9.50. The predicted molar refractivity (Wildman–Crippen MR) is 107 cm³/mol. The van der Waals surface area contributed by atoms with Crippen molar-refractivity contribution in [2.75, 3.05) is 50.0 Å². The number of anilines is 2. The van der Waals surface area contributed by atoms with E-state index in [2.05, 4.69) is 29.4 Å². The van der Waals surface area contributed by atoms with E-state index in [-0.39, 0.29) is 0 Å². The first-order chi connectivity index (χ1) is 12.7. The molecule has 0 bridgehead atoms. The van der Waals surface area contributed by atoms with Crippen LogP contribution in [0.4, 0.5) is 11.6 Å². The zero-order valence-corrected chi connectivity index (χ0v) is 15.7. The zero-order chi connectivity index (χ0) is 18.2. The van der Waals surface area contributed by atoms with Crippen LogP contribution in [0.3, 0.4) is 0 Å². The van der Waals surface area contributed by atoms with Crippen molar-refractivity contribution in [2.45, 2.75) is 26.3 Å². The second-order valence-corrected chi connectivity index (χ2v) is 6.66. The van der Waals surface area contributed by atoms with Crippen LogP contribution in [-0.4, -0.2) is 60.3 Å². The van der Waals surface area contributed by atoms with Crippen LogP contribution in [0, 0.1) is 0 Å². The molecule has 2 heterocycles. The topological polar surface area (TPSA) is 62.3 Å². The van der Waals surface area contributed by atoms with Gasteiger partial charge in [-0.1, -0.05) is 37.3 Å². The molecule has 1 aliphatic heterocycles. The van der Waals surface area contributed by atoms with Gasteiger partial charge in [-0.3, -0.25) is 4.90 Å². The Hall–Kier alpha value is -2.18. The third-order valence-electron chi connectivity index (χ3n) is 4.60. The number of aromatic nitrogens is 2. The molecule has 3 rings (SSSR count). The fourth-order valence-electron chi connectivity index (χ4n) is 2.85. The van der Waals surface area contributed by atoms with Gasteiger partial charge in [-0.05, 0) is 13.3 Å². The highest BCUT2D eigenvalue weighted by atomic mass is 16.5. The number of hydrogen-bond acceptors (Lipinski definition) is 6. The van der Waals surface area contributed by atoms with Gasteiger partial charge in [0.05, 0.1) is 13.2 Å². The molecule has 1 fully saturated rings. The van der Waals surface area contributed by atoms with Crippen molar-refractivity contribution >= 4 is 11.6 Å². The maximum absolute atomic E-state index is 5.40. The highest BCUT2D eigenvalue weighted by Crippen LogP contribution is 2.20. The molecule has 1 aliphatic rings. The van der Waals surface area contributed by atoms with E-state index in [0.29, 0.717) is 6.04 Å². The largest absolute Gasteiger partial charge is 0.379 e. The molecule has 0 amide bonds. The van der Waals surface area contributed by atoms with Gasteiger partial charge in [0.1, 0.15) is 11.6 Å². The van der Waals surface area contributed by atoms with Crippen LogP contribution < -0.4 is 10.6 Å². The molecule has 0 saturated carbocycles. The third kappa shape index (κ3) is 5.41. The lowest BCUT2D eigenvalue weighted by atomic mass is 10.2. The normalized spacial score (nSPS) is 16.2. The van der Waals surface area contributed by atoms with Crippen molar-refractivity contribution in [1.82, 2.24) is 14.9 Å². The molecular weight excluding hydrogens is 326 g/mol.